The molecule has 2 N–H and O–H groups in total. The highest BCUT2D eigenvalue weighted by atomic mass is 32.1. The molecule has 18 heavy (non-hydrogen) atoms. The van der Waals surface area contributed by atoms with Gasteiger partial charge in [0.05, 0.1) is 5.69 Å². The van der Waals surface area contributed by atoms with E-state index in [9.17, 15) is 4.79 Å². The predicted octanol–water partition coefficient (Wildman–Crippen LogP) is 2.42. The fraction of sp³-hybridized carbons (Fsp3) is 0.231. The van der Waals surface area contributed by atoms with Crippen LogP contribution in [0.1, 0.15) is 20.9 Å². The Kier molecular flexibility index (Phi) is 3.94. The molecular weight excluding hydrogens is 246 g/mol. The number of thiazole rings is 1. The first kappa shape index (κ1) is 12.6. The van der Waals surface area contributed by atoms with Crippen molar-refractivity contribution in [3.63, 3.8) is 0 Å². The molecule has 0 fully saturated rings. The average Bonchev–Trinajstić information content (AvgIpc) is 2.78. The van der Waals surface area contributed by atoms with Crippen LogP contribution >= 0.6 is 11.3 Å². The Morgan fingerprint density at radius 3 is 2.67 bits per heavy atom. The Bertz CT molecular complexity index is 536. The van der Waals surface area contributed by atoms with Crippen molar-refractivity contribution in [2.45, 2.75) is 13.5 Å². The summed E-state index contributed by atoms with van der Waals surface area (Å²) < 4.78 is 0. The lowest BCUT2D eigenvalue weighted by Gasteiger charge is -2.03. The van der Waals surface area contributed by atoms with Gasteiger partial charge in [-0.05, 0) is 12.5 Å². The normalized spacial score (nSPS) is 10.1. The van der Waals surface area contributed by atoms with Crippen molar-refractivity contribution in [2.75, 3.05) is 12.4 Å². The van der Waals surface area contributed by atoms with Crippen LogP contribution in [0.15, 0.2) is 30.3 Å². The molecule has 1 amide bonds. The van der Waals surface area contributed by atoms with E-state index >= 15 is 0 Å². The van der Waals surface area contributed by atoms with Crippen molar-refractivity contribution in [1.29, 1.82) is 0 Å². The number of nitrogens with zero attached hydrogens (tertiary/aromatic N) is 1. The second kappa shape index (κ2) is 5.64. The highest BCUT2D eigenvalue weighted by molar-refractivity contribution is 7.17. The number of anilines is 1. The molecule has 0 unspecified atom stereocenters. The number of hydrogen-bond acceptors (Lipinski definition) is 4. The maximum atomic E-state index is 12.0. The molecule has 0 aliphatic heterocycles. The van der Waals surface area contributed by atoms with Gasteiger partial charge in [0, 0.05) is 13.6 Å². The van der Waals surface area contributed by atoms with Gasteiger partial charge in [0.25, 0.3) is 5.91 Å². The number of carbonyl (C=O) groups is 1. The summed E-state index contributed by atoms with van der Waals surface area (Å²) >= 11 is 1.37. The smallest absolute Gasteiger partial charge is 0.263 e. The van der Waals surface area contributed by atoms with E-state index in [0.29, 0.717) is 11.4 Å². The van der Waals surface area contributed by atoms with Crippen molar-refractivity contribution in [2.24, 2.45) is 0 Å². The zero-order valence-corrected chi connectivity index (χ0v) is 11.2. The molecule has 0 atom stereocenters. The molecule has 1 aromatic heterocycles. The Balaban J connectivity index is 2.01. The number of hydrogen-bond donors (Lipinski definition) is 2. The van der Waals surface area contributed by atoms with Gasteiger partial charge in [-0.15, -0.1) is 0 Å². The fourth-order valence-corrected chi connectivity index (χ4v) is 2.41. The molecule has 0 saturated carbocycles. The van der Waals surface area contributed by atoms with Crippen molar-refractivity contribution in [1.82, 2.24) is 10.3 Å². The summed E-state index contributed by atoms with van der Waals surface area (Å²) in [5, 5.41) is 6.60. The topological polar surface area (TPSA) is 54.0 Å². The third-order valence-electron chi connectivity index (χ3n) is 2.51. The van der Waals surface area contributed by atoms with E-state index in [1.807, 2.05) is 37.3 Å². The van der Waals surface area contributed by atoms with Crippen LogP contribution in [-0.4, -0.2) is 17.9 Å². The predicted molar refractivity (Wildman–Crippen MR) is 74.0 cm³/mol. The zero-order valence-electron chi connectivity index (χ0n) is 10.4. The van der Waals surface area contributed by atoms with E-state index in [-0.39, 0.29) is 5.91 Å². The number of amides is 1. The summed E-state index contributed by atoms with van der Waals surface area (Å²) in [6.45, 7) is 2.38. The van der Waals surface area contributed by atoms with Gasteiger partial charge in [-0.1, -0.05) is 41.7 Å². The number of carbonyl (C=O) groups excluding carboxylic acids is 1. The number of nitrogens with one attached hydrogen (secondary N) is 2. The minimum Gasteiger partial charge on any atom is -0.365 e. The largest absolute Gasteiger partial charge is 0.365 e. The van der Waals surface area contributed by atoms with Crippen LogP contribution in [0.2, 0.25) is 0 Å². The highest BCUT2D eigenvalue weighted by Crippen LogP contribution is 2.21. The van der Waals surface area contributed by atoms with Gasteiger partial charge in [0.1, 0.15) is 4.88 Å². The molecule has 2 rings (SSSR count). The standard InChI is InChI=1S/C13H15N3OS/c1-9-11(18-13(14-2)16-9)12(17)15-8-10-6-4-3-5-7-10/h3-7H,8H2,1-2H3,(H,14,16)(H,15,17). The summed E-state index contributed by atoms with van der Waals surface area (Å²) in [4.78, 5) is 16.9. The zero-order chi connectivity index (χ0) is 13.0. The second-order valence-corrected chi connectivity index (χ2v) is 4.85. The van der Waals surface area contributed by atoms with E-state index in [0.717, 1.165) is 16.4 Å². The number of rotatable bonds is 4. The van der Waals surface area contributed by atoms with Crippen LogP contribution in [0.5, 0.6) is 0 Å². The minimum absolute atomic E-state index is 0.0737. The van der Waals surface area contributed by atoms with E-state index in [1.165, 1.54) is 11.3 Å². The van der Waals surface area contributed by atoms with Crippen LogP contribution in [0.3, 0.4) is 0 Å². The molecule has 1 heterocycles. The third-order valence-corrected chi connectivity index (χ3v) is 3.69. The third kappa shape index (κ3) is 2.87. The van der Waals surface area contributed by atoms with Gasteiger partial charge in [0.15, 0.2) is 5.13 Å². The minimum atomic E-state index is -0.0737. The first-order valence-electron chi connectivity index (χ1n) is 5.68. The monoisotopic (exact) mass is 261 g/mol. The van der Waals surface area contributed by atoms with E-state index in [2.05, 4.69) is 15.6 Å². The second-order valence-electron chi connectivity index (χ2n) is 3.85. The first-order valence-corrected chi connectivity index (χ1v) is 6.49. The maximum Gasteiger partial charge on any atom is 0.263 e. The van der Waals surface area contributed by atoms with E-state index in [4.69, 9.17) is 0 Å². The Labute approximate surface area is 110 Å². The SMILES string of the molecule is CNc1nc(C)c(C(=O)NCc2ccccc2)s1. The molecule has 0 spiro atoms. The molecule has 0 bridgehead atoms. The molecule has 0 aliphatic carbocycles. The van der Waals surface area contributed by atoms with Crippen LogP contribution in [-0.2, 0) is 6.54 Å². The van der Waals surface area contributed by atoms with E-state index in [1.54, 1.807) is 7.05 Å². The van der Waals surface area contributed by atoms with Crippen molar-refractivity contribution >= 4 is 22.4 Å². The summed E-state index contributed by atoms with van der Waals surface area (Å²) in [5.41, 5.74) is 1.84. The van der Waals surface area contributed by atoms with Crippen LogP contribution in [0, 0.1) is 6.92 Å². The Morgan fingerprint density at radius 2 is 2.06 bits per heavy atom. The molecular formula is C13H15N3OS. The first-order chi connectivity index (χ1) is 8.70. The van der Waals surface area contributed by atoms with Gasteiger partial charge < -0.3 is 10.6 Å². The molecule has 4 nitrogen and oxygen atoms in total. The van der Waals surface area contributed by atoms with Crippen LogP contribution in [0.4, 0.5) is 5.13 Å². The Morgan fingerprint density at radius 1 is 1.33 bits per heavy atom. The molecule has 94 valence electrons. The van der Waals surface area contributed by atoms with E-state index < -0.39 is 0 Å². The lowest BCUT2D eigenvalue weighted by atomic mass is 10.2. The molecule has 0 saturated heterocycles. The lowest BCUT2D eigenvalue weighted by Crippen LogP contribution is -2.22. The van der Waals surface area contributed by atoms with Crippen molar-refractivity contribution < 1.29 is 4.79 Å². The van der Waals surface area contributed by atoms with Gasteiger partial charge >= 0.3 is 0 Å². The quantitative estimate of drug-likeness (QED) is 0.888. The van der Waals surface area contributed by atoms with Gasteiger partial charge in [-0.3, -0.25) is 4.79 Å². The lowest BCUT2D eigenvalue weighted by molar-refractivity contribution is 0.0954. The maximum absolute atomic E-state index is 12.0. The number of aryl methyl sites for hydroxylation is 1. The summed E-state index contributed by atoms with van der Waals surface area (Å²) in [5.74, 6) is -0.0737. The van der Waals surface area contributed by atoms with Gasteiger partial charge in [0.2, 0.25) is 0 Å². The highest BCUT2D eigenvalue weighted by Gasteiger charge is 2.14. The molecule has 0 radical (unpaired) electrons. The fourth-order valence-electron chi connectivity index (χ4n) is 1.57. The average molecular weight is 261 g/mol. The molecule has 2 aromatic rings. The molecule has 5 heteroatoms. The van der Waals surface area contributed by atoms with Crippen molar-refractivity contribution in [3.05, 3.63) is 46.5 Å². The summed E-state index contributed by atoms with van der Waals surface area (Å²) in [7, 11) is 1.80. The van der Waals surface area contributed by atoms with Crippen LogP contribution < -0.4 is 10.6 Å². The molecule has 0 aliphatic rings. The molecule has 1 aromatic carbocycles. The number of aromatic nitrogens is 1. The van der Waals surface area contributed by atoms with Gasteiger partial charge in [-0.25, -0.2) is 4.98 Å². The summed E-state index contributed by atoms with van der Waals surface area (Å²) in [6.07, 6.45) is 0. The van der Waals surface area contributed by atoms with Gasteiger partial charge in [-0.2, -0.15) is 0 Å². The van der Waals surface area contributed by atoms with Crippen molar-refractivity contribution in [3.8, 4) is 0 Å². The summed E-state index contributed by atoms with van der Waals surface area (Å²) in [6, 6.07) is 9.84. The van der Waals surface area contributed by atoms with Crippen LogP contribution in [0.25, 0.3) is 0 Å². The number of benzene rings is 1. The Hall–Kier alpha value is -1.88.